The minimum atomic E-state index is 0.0414. The molecule has 16 heavy (non-hydrogen) atoms. The van der Waals surface area contributed by atoms with Crippen LogP contribution in [0.5, 0.6) is 0 Å². The Hall–Kier alpha value is -0.870. The van der Waals surface area contributed by atoms with E-state index in [9.17, 15) is 5.11 Å². The summed E-state index contributed by atoms with van der Waals surface area (Å²) in [4.78, 5) is 0. The standard InChI is InChI=1S/C12H20N2O2/c1-9-3-10(4-9)6-14-12(8-16-2)11(7-15)5-13-14/h5,9-10,15H,3-4,6-8H2,1-2H3. The highest BCUT2D eigenvalue weighted by Crippen LogP contribution is 2.34. The maximum Gasteiger partial charge on any atom is 0.0884 e. The van der Waals surface area contributed by atoms with Gasteiger partial charge in [-0.1, -0.05) is 6.92 Å². The second-order valence-electron chi connectivity index (χ2n) is 4.83. The summed E-state index contributed by atoms with van der Waals surface area (Å²) in [5, 5.41) is 13.5. The first-order valence-electron chi connectivity index (χ1n) is 5.88. The molecule has 0 amide bonds. The largest absolute Gasteiger partial charge is 0.392 e. The van der Waals surface area contributed by atoms with Crippen molar-refractivity contribution in [2.75, 3.05) is 7.11 Å². The van der Waals surface area contributed by atoms with E-state index in [0.717, 1.165) is 29.6 Å². The van der Waals surface area contributed by atoms with E-state index < -0.39 is 0 Å². The van der Waals surface area contributed by atoms with E-state index >= 15 is 0 Å². The Kier molecular flexibility index (Phi) is 3.61. The third-order valence-corrected chi connectivity index (χ3v) is 3.39. The lowest BCUT2D eigenvalue weighted by Crippen LogP contribution is -2.26. The van der Waals surface area contributed by atoms with Gasteiger partial charge in [0.1, 0.15) is 0 Å². The van der Waals surface area contributed by atoms with Crippen LogP contribution < -0.4 is 0 Å². The van der Waals surface area contributed by atoms with Gasteiger partial charge in [0.05, 0.1) is 25.1 Å². The van der Waals surface area contributed by atoms with Crippen LogP contribution in [0.15, 0.2) is 6.20 Å². The summed E-state index contributed by atoms with van der Waals surface area (Å²) in [6.07, 6.45) is 4.33. The summed E-state index contributed by atoms with van der Waals surface area (Å²) in [6.45, 7) is 3.82. The number of hydrogen-bond donors (Lipinski definition) is 1. The van der Waals surface area contributed by atoms with Crippen molar-refractivity contribution in [3.8, 4) is 0 Å². The van der Waals surface area contributed by atoms with E-state index in [0.29, 0.717) is 6.61 Å². The molecule has 1 saturated carbocycles. The first kappa shape index (κ1) is 11.6. The lowest BCUT2D eigenvalue weighted by molar-refractivity contribution is 0.155. The van der Waals surface area contributed by atoms with Crippen LogP contribution in [0.25, 0.3) is 0 Å². The zero-order valence-corrected chi connectivity index (χ0v) is 10.0. The molecule has 1 fully saturated rings. The van der Waals surface area contributed by atoms with Gasteiger partial charge in [-0.2, -0.15) is 5.10 Å². The second-order valence-corrected chi connectivity index (χ2v) is 4.83. The molecule has 4 heteroatoms. The number of ether oxygens (including phenoxy) is 1. The Balaban J connectivity index is 2.04. The van der Waals surface area contributed by atoms with Gasteiger partial charge in [0.15, 0.2) is 0 Å². The number of rotatable bonds is 5. The third kappa shape index (κ3) is 2.28. The maximum absolute atomic E-state index is 9.20. The number of nitrogens with zero attached hydrogens (tertiary/aromatic N) is 2. The number of aromatic nitrogens is 2. The minimum absolute atomic E-state index is 0.0414. The van der Waals surface area contributed by atoms with Gasteiger partial charge in [0.25, 0.3) is 0 Å². The number of methoxy groups -OCH3 is 1. The molecule has 1 heterocycles. The molecule has 1 aliphatic rings. The SMILES string of the molecule is COCc1c(CO)cnn1CC1CC(C)C1. The van der Waals surface area contributed by atoms with E-state index in [1.807, 2.05) is 4.68 Å². The molecular formula is C12H20N2O2. The first-order valence-corrected chi connectivity index (χ1v) is 5.88. The van der Waals surface area contributed by atoms with Gasteiger partial charge < -0.3 is 9.84 Å². The van der Waals surface area contributed by atoms with Crippen molar-refractivity contribution < 1.29 is 9.84 Å². The van der Waals surface area contributed by atoms with Crippen LogP contribution >= 0.6 is 0 Å². The van der Waals surface area contributed by atoms with Crippen LogP contribution in [0.1, 0.15) is 31.0 Å². The fourth-order valence-corrected chi connectivity index (χ4v) is 2.51. The zero-order chi connectivity index (χ0) is 11.5. The van der Waals surface area contributed by atoms with Crippen LogP contribution in [0.4, 0.5) is 0 Å². The first-order chi connectivity index (χ1) is 7.74. The van der Waals surface area contributed by atoms with Crippen LogP contribution in [0.3, 0.4) is 0 Å². The van der Waals surface area contributed by atoms with Crippen molar-refractivity contribution in [1.29, 1.82) is 0 Å². The summed E-state index contributed by atoms with van der Waals surface area (Å²) in [5.41, 5.74) is 1.90. The van der Waals surface area contributed by atoms with Gasteiger partial charge in [-0.25, -0.2) is 0 Å². The van der Waals surface area contributed by atoms with Crippen molar-refractivity contribution in [3.05, 3.63) is 17.5 Å². The normalized spacial score (nSPS) is 24.4. The fourth-order valence-electron chi connectivity index (χ4n) is 2.51. The van der Waals surface area contributed by atoms with Gasteiger partial charge >= 0.3 is 0 Å². The molecule has 4 nitrogen and oxygen atoms in total. The molecule has 90 valence electrons. The van der Waals surface area contributed by atoms with Crippen LogP contribution in [0, 0.1) is 11.8 Å². The molecule has 0 radical (unpaired) electrons. The Morgan fingerprint density at radius 1 is 1.56 bits per heavy atom. The monoisotopic (exact) mass is 224 g/mol. The lowest BCUT2D eigenvalue weighted by atomic mass is 9.76. The highest BCUT2D eigenvalue weighted by molar-refractivity contribution is 5.16. The molecule has 0 bridgehead atoms. The summed E-state index contributed by atoms with van der Waals surface area (Å²) >= 11 is 0. The van der Waals surface area contributed by atoms with Gasteiger partial charge in [-0.05, 0) is 24.7 Å². The summed E-state index contributed by atoms with van der Waals surface area (Å²) < 4.78 is 7.14. The molecule has 1 N–H and O–H groups in total. The van der Waals surface area contributed by atoms with Crippen molar-refractivity contribution in [3.63, 3.8) is 0 Å². The average molecular weight is 224 g/mol. The summed E-state index contributed by atoms with van der Waals surface area (Å²) in [6, 6.07) is 0. The Morgan fingerprint density at radius 3 is 2.88 bits per heavy atom. The number of hydrogen-bond acceptors (Lipinski definition) is 3. The smallest absolute Gasteiger partial charge is 0.0884 e. The fraction of sp³-hybridized carbons (Fsp3) is 0.750. The molecule has 1 aliphatic carbocycles. The maximum atomic E-state index is 9.20. The van der Waals surface area contributed by atoms with Crippen LogP contribution in [-0.4, -0.2) is 22.0 Å². The Bertz CT molecular complexity index is 343. The topological polar surface area (TPSA) is 47.3 Å². The molecule has 2 rings (SSSR count). The van der Waals surface area contributed by atoms with E-state index in [4.69, 9.17) is 4.74 Å². The third-order valence-electron chi connectivity index (χ3n) is 3.39. The van der Waals surface area contributed by atoms with Crippen molar-refractivity contribution >= 4 is 0 Å². The summed E-state index contributed by atoms with van der Waals surface area (Å²) in [7, 11) is 1.67. The Labute approximate surface area is 96.2 Å². The Morgan fingerprint density at radius 2 is 2.31 bits per heavy atom. The minimum Gasteiger partial charge on any atom is -0.392 e. The quantitative estimate of drug-likeness (QED) is 0.825. The van der Waals surface area contributed by atoms with E-state index in [-0.39, 0.29) is 6.61 Å². The number of aliphatic hydroxyl groups excluding tert-OH is 1. The average Bonchev–Trinajstić information content (AvgIpc) is 2.60. The molecule has 0 aromatic carbocycles. The predicted molar refractivity (Wildman–Crippen MR) is 60.8 cm³/mol. The molecule has 1 aromatic rings. The van der Waals surface area contributed by atoms with Gasteiger partial charge in [-0.15, -0.1) is 0 Å². The molecule has 1 aromatic heterocycles. The molecular weight excluding hydrogens is 204 g/mol. The number of aliphatic hydroxyl groups is 1. The van der Waals surface area contributed by atoms with E-state index in [2.05, 4.69) is 12.0 Å². The van der Waals surface area contributed by atoms with Crippen molar-refractivity contribution in [2.24, 2.45) is 11.8 Å². The highest BCUT2D eigenvalue weighted by atomic mass is 16.5. The van der Waals surface area contributed by atoms with Gasteiger partial charge in [0, 0.05) is 19.2 Å². The zero-order valence-electron chi connectivity index (χ0n) is 10.0. The van der Waals surface area contributed by atoms with Crippen molar-refractivity contribution in [2.45, 2.75) is 39.5 Å². The highest BCUT2D eigenvalue weighted by Gasteiger charge is 2.26. The summed E-state index contributed by atoms with van der Waals surface area (Å²) in [5.74, 6) is 1.61. The molecule has 0 spiro atoms. The van der Waals surface area contributed by atoms with Gasteiger partial charge in [0.2, 0.25) is 0 Å². The predicted octanol–water partition coefficient (Wildman–Crippen LogP) is 1.57. The van der Waals surface area contributed by atoms with E-state index in [1.54, 1.807) is 13.3 Å². The molecule has 0 aliphatic heterocycles. The van der Waals surface area contributed by atoms with Crippen molar-refractivity contribution in [1.82, 2.24) is 9.78 Å². The second kappa shape index (κ2) is 4.97. The molecule has 0 saturated heterocycles. The molecule has 0 unspecified atom stereocenters. The van der Waals surface area contributed by atoms with Crippen LogP contribution in [0.2, 0.25) is 0 Å². The lowest BCUT2D eigenvalue weighted by Gasteiger charge is -2.32. The van der Waals surface area contributed by atoms with Crippen LogP contribution in [-0.2, 0) is 24.5 Å². The molecule has 0 atom stereocenters. The van der Waals surface area contributed by atoms with E-state index in [1.165, 1.54) is 12.8 Å². The van der Waals surface area contributed by atoms with Gasteiger partial charge in [-0.3, -0.25) is 4.68 Å².